The molecule has 0 bridgehead atoms. The summed E-state index contributed by atoms with van der Waals surface area (Å²) < 4.78 is 0.755. The minimum absolute atomic E-state index is 0.187. The maximum Gasteiger partial charge on any atom is 0.256 e. The third kappa shape index (κ3) is 2.92. The second-order valence-electron chi connectivity index (χ2n) is 3.92. The number of nitrogens with one attached hydrogen (secondary N) is 1. The fourth-order valence-electron chi connectivity index (χ4n) is 1.56. The summed E-state index contributed by atoms with van der Waals surface area (Å²) in [6.07, 6.45) is 0. The van der Waals surface area contributed by atoms with Crippen LogP contribution in [0.3, 0.4) is 0 Å². The predicted octanol–water partition coefficient (Wildman–Crippen LogP) is 4.66. The first kappa shape index (κ1) is 13.1. The van der Waals surface area contributed by atoms with Crippen LogP contribution >= 0.6 is 27.5 Å². The van der Waals surface area contributed by atoms with E-state index in [1.54, 1.807) is 12.1 Å². The molecule has 0 spiro atoms. The van der Waals surface area contributed by atoms with E-state index in [-0.39, 0.29) is 5.91 Å². The van der Waals surface area contributed by atoms with Crippen molar-refractivity contribution in [2.24, 2.45) is 0 Å². The van der Waals surface area contributed by atoms with Gasteiger partial charge in [0.2, 0.25) is 0 Å². The highest BCUT2D eigenvalue weighted by atomic mass is 79.9. The molecule has 0 aliphatic carbocycles. The van der Waals surface area contributed by atoms with E-state index in [2.05, 4.69) is 21.2 Å². The van der Waals surface area contributed by atoms with Crippen LogP contribution in [-0.4, -0.2) is 5.91 Å². The molecular formula is C14H11BrClNO. The Kier molecular flexibility index (Phi) is 4.04. The fraction of sp³-hybridized carbons (Fsp3) is 0.0714. The van der Waals surface area contributed by atoms with E-state index in [0.717, 1.165) is 10.0 Å². The van der Waals surface area contributed by atoms with Gasteiger partial charge in [0.15, 0.2) is 0 Å². The number of rotatable bonds is 2. The molecule has 18 heavy (non-hydrogen) atoms. The Morgan fingerprint density at radius 2 is 1.94 bits per heavy atom. The fourth-order valence-corrected chi connectivity index (χ4v) is 2.30. The second-order valence-corrected chi connectivity index (χ2v) is 5.18. The van der Waals surface area contributed by atoms with Gasteiger partial charge in [-0.2, -0.15) is 0 Å². The maximum absolute atomic E-state index is 12.1. The van der Waals surface area contributed by atoms with Crippen molar-refractivity contribution >= 4 is 39.1 Å². The Bertz CT molecular complexity index is 598. The van der Waals surface area contributed by atoms with Crippen LogP contribution in [0.15, 0.2) is 46.9 Å². The van der Waals surface area contributed by atoms with Gasteiger partial charge in [0.1, 0.15) is 0 Å². The molecular weight excluding hydrogens is 314 g/mol. The van der Waals surface area contributed by atoms with E-state index in [9.17, 15) is 4.79 Å². The van der Waals surface area contributed by atoms with Crippen molar-refractivity contribution in [3.05, 3.63) is 63.1 Å². The van der Waals surface area contributed by atoms with Crippen molar-refractivity contribution in [3.63, 3.8) is 0 Å². The van der Waals surface area contributed by atoms with Crippen LogP contribution in [0, 0.1) is 6.92 Å². The molecule has 0 aliphatic heterocycles. The van der Waals surface area contributed by atoms with E-state index in [0.29, 0.717) is 16.3 Å². The number of halogens is 2. The summed E-state index contributed by atoms with van der Waals surface area (Å²) in [6, 6.07) is 12.8. The molecule has 0 unspecified atom stereocenters. The maximum atomic E-state index is 12.1. The standard InChI is InChI=1S/C14H11BrClNO/c1-9-6-7-13(12(16)8-9)17-14(18)10-4-2-3-5-11(10)15/h2-8H,1H3,(H,17,18). The highest BCUT2D eigenvalue weighted by Crippen LogP contribution is 2.24. The second kappa shape index (κ2) is 5.55. The number of hydrogen-bond donors (Lipinski definition) is 1. The molecule has 2 aromatic rings. The smallest absolute Gasteiger partial charge is 0.256 e. The van der Waals surface area contributed by atoms with Gasteiger partial charge in [-0.3, -0.25) is 4.79 Å². The number of hydrogen-bond acceptors (Lipinski definition) is 1. The van der Waals surface area contributed by atoms with Crippen molar-refractivity contribution < 1.29 is 4.79 Å². The van der Waals surface area contributed by atoms with Gasteiger partial charge in [-0.15, -0.1) is 0 Å². The number of benzene rings is 2. The van der Waals surface area contributed by atoms with E-state index in [1.165, 1.54) is 0 Å². The van der Waals surface area contributed by atoms with E-state index in [1.807, 2.05) is 37.3 Å². The Morgan fingerprint density at radius 3 is 2.61 bits per heavy atom. The third-order valence-electron chi connectivity index (χ3n) is 2.49. The quantitative estimate of drug-likeness (QED) is 0.855. The van der Waals surface area contributed by atoms with Crippen molar-refractivity contribution in [2.45, 2.75) is 6.92 Å². The number of carbonyl (C=O) groups excluding carboxylic acids is 1. The van der Waals surface area contributed by atoms with Crippen LogP contribution in [0.5, 0.6) is 0 Å². The van der Waals surface area contributed by atoms with Crippen molar-refractivity contribution in [1.29, 1.82) is 0 Å². The van der Waals surface area contributed by atoms with Crippen LogP contribution < -0.4 is 5.32 Å². The molecule has 0 heterocycles. The van der Waals surface area contributed by atoms with Crippen molar-refractivity contribution in [2.75, 3.05) is 5.32 Å². The zero-order chi connectivity index (χ0) is 13.1. The minimum atomic E-state index is -0.187. The van der Waals surface area contributed by atoms with Crippen molar-refractivity contribution in [3.8, 4) is 0 Å². The average molecular weight is 325 g/mol. The largest absolute Gasteiger partial charge is 0.321 e. The molecule has 0 radical (unpaired) electrons. The van der Waals surface area contributed by atoms with Gasteiger partial charge >= 0.3 is 0 Å². The molecule has 1 N–H and O–H groups in total. The van der Waals surface area contributed by atoms with Gasteiger partial charge in [0, 0.05) is 4.47 Å². The molecule has 0 aliphatic rings. The van der Waals surface area contributed by atoms with Gasteiger partial charge in [-0.25, -0.2) is 0 Å². The highest BCUT2D eigenvalue weighted by Gasteiger charge is 2.11. The normalized spacial score (nSPS) is 10.2. The number of carbonyl (C=O) groups is 1. The molecule has 0 aromatic heterocycles. The van der Waals surface area contributed by atoms with Crippen LogP contribution in [0.4, 0.5) is 5.69 Å². The first-order valence-corrected chi connectivity index (χ1v) is 6.57. The molecule has 0 fully saturated rings. The highest BCUT2D eigenvalue weighted by molar-refractivity contribution is 9.10. The van der Waals surface area contributed by atoms with E-state index in [4.69, 9.17) is 11.6 Å². The molecule has 92 valence electrons. The van der Waals surface area contributed by atoms with Crippen molar-refractivity contribution in [1.82, 2.24) is 0 Å². The summed E-state index contributed by atoms with van der Waals surface area (Å²) in [5.74, 6) is -0.187. The number of aryl methyl sites for hydroxylation is 1. The Labute approximate surface area is 119 Å². The van der Waals surface area contributed by atoms with Gasteiger partial charge in [-0.05, 0) is 52.7 Å². The van der Waals surface area contributed by atoms with Gasteiger partial charge < -0.3 is 5.32 Å². The third-order valence-corrected chi connectivity index (χ3v) is 3.50. The van der Waals surface area contributed by atoms with E-state index >= 15 is 0 Å². The Hall–Kier alpha value is -1.32. The Balaban J connectivity index is 2.24. The topological polar surface area (TPSA) is 29.1 Å². The van der Waals surface area contributed by atoms with Crippen LogP contribution in [-0.2, 0) is 0 Å². The summed E-state index contributed by atoms with van der Waals surface area (Å²) in [7, 11) is 0. The van der Waals surface area contributed by atoms with Crippen LogP contribution in [0.1, 0.15) is 15.9 Å². The van der Waals surface area contributed by atoms with Gasteiger partial charge in [0.05, 0.1) is 16.3 Å². The molecule has 4 heteroatoms. The molecule has 2 nitrogen and oxygen atoms in total. The lowest BCUT2D eigenvalue weighted by Gasteiger charge is -2.09. The van der Waals surface area contributed by atoms with Crippen LogP contribution in [0.25, 0.3) is 0 Å². The summed E-state index contributed by atoms with van der Waals surface area (Å²) in [6.45, 7) is 1.95. The summed E-state index contributed by atoms with van der Waals surface area (Å²) >= 11 is 9.42. The molecule has 2 aromatic carbocycles. The minimum Gasteiger partial charge on any atom is -0.321 e. The van der Waals surface area contributed by atoms with Gasteiger partial charge in [-0.1, -0.05) is 29.8 Å². The first-order valence-electron chi connectivity index (χ1n) is 5.40. The lowest BCUT2D eigenvalue weighted by atomic mass is 10.2. The monoisotopic (exact) mass is 323 g/mol. The average Bonchev–Trinajstić information content (AvgIpc) is 2.33. The SMILES string of the molecule is Cc1ccc(NC(=O)c2ccccc2Br)c(Cl)c1. The lowest BCUT2D eigenvalue weighted by molar-refractivity contribution is 0.102. The zero-order valence-electron chi connectivity index (χ0n) is 9.71. The van der Waals surface area contributed by atoms with E-state index < -0.39 is 0 Å². The zero-order valence-corrected chi connectivity index (χ0v) is 12.0. The molecule has 0 saturated heterocycles. The molecule has 0 saturated carbocycles. The summed E-state index contributed by atoms with van der Waals surface area (Å²) in [5.41, 5.74) is 2.25. The number of anilines is 1. The number of amides is 1. The molecule has 0 atom stereocenters. The van der Waals surface area contributed by atoms with Crippen LogP contribution in [0.2, 0.25) is 5.02 Å². The molecule has 2 rings (SSSR count). The molecule has 1 amide bonds. The first-order chi connectivity index (χ1) is 8.58. The summed E-state index contributed by atoms with van der Waals surface area (Å²) in [4.78, 5) is 12.1. The van der Waals surface area contributed by atoms with Gasteiger partial charge in [0.25, 0.3) is 5.91 Å². The predicted molar refractivity (Wildman–Crippen MR) is 78.3 cm³/mol. The Morgan fingerprint density at radius 1 is 1.22 bits per heavy atom. The summed E-state index contributed by atoms with van der Waals surface area (Å²) in [5, 5.41) is 3.33. The lowest BCUT2D eigenvalue weighted by Crippen LogP contribution is -2.12.